The third kappa shape index (κ3) is 3.27. The van der Waals surface area contributed by atoms with E-state index in [1.165, 1.54) is 0 Å². The Hall–Kier alpha value is -0.980. The maximum absolute atomic E-state index is 5.91. The van der Waals surface area contributed by atoms with Crippen molar-refractivity contribution >= 4 is 0 Å². The third-order valence-electron chi connectivity index (χ3n) is 3.73. The third-order valence-corrected chi connectivity index (χ3v) is 3.73. The minimum Gasteiger partial charge on any atom is -0.374 e. The van der Waals surface area contributed by atoms with Crippen LogP contribution in [0.4, 0.5) is 0 Å². The van der Waals surface area contributed by atoms with Gasteiger partial charge in [0.2, 0.25) is 0 Å². The Kier molecular flexibility index (Phi) is 4.28. The molecule has 1 aromatic rings. The van der Waals surface area contributed by atoms with E-state index in [2.05, 4.69) is 0 Å². The Morgan fingerprint density at radius 2 is 1.81 bits per heavy atom. The second-order valence-electron chi connectivity index (χ2n) is 5.84. The normalized spacial score (nSPS) is 34.0. The van der Waals surface area contributed by atoms with Gasteiger partial charge in [-0.25, -0.2) is 0 Å². The van der Waals surface area contributed by atoms with E-state index in [9.17, 15) is 0 Å². The van der Waals surface area contributed by atoms with E-state index < -0.39 is 12.1 Å². The molecule has 4 atom stereocenters. The van der Waals surface area contributed by atoms with Gasteiger partial charge in [0.15, 0.2) is 12.1 Å². The molecule has 0 spiro atoms. The van der Waals surface area contributed by atoms with Gasteiger partial charge in [-0.05, 0) is 19.4 Å². The van der Waals surface area contributed by atoms with E-state index in [4.69, 9.17) is 23.7 Å². The quantitative estimate of drug-likeness (QED) is 0.832. The number of methoxy groups -OCH3 is 1. The van der Waals surface area contributed by atoms with Crippen LogP contribution in [0.1, 0.15) is 19.4 Å². The molecule has 21 heavy (non-hydrogen) atoms. The number of ether oxygens (including phenoxy) is 5. The average molecular weight is 294 g/mol. The fourth-order valence-corrected chi connectivity index (χ4v) is 2.83. The Morgan fingerprint density at radius 1 is 1.10 bits per heavy atom. The molecule has 2 saturated heterocycles. The first-order valence-corrected chi connectivity index (χ1v) is 7.24. The first kappa shape index (κ1) is 14.9. The smallest absolute Gasteiger partial charge is 0.186 e. The second-order valence-corrected chi connectivity index (χ2v) is 5.84. The molecular weight excluding hydrogens is 272 g/mol. The molecule has 0 aliphatic carbocycles. The Labute approximate surface area is 125 Å². The summed E-state index contributed by atoms with van der Waals surface area (Å²) in [6.45, 7) is 4.81. The van der Waals surface area contributed by atoms with Crippen LogP contribution >= 0.6 is 0 Å². The maximum Gasteiger partial charge on any atom is 0.186 e. The van der Waals surface area contributed by atoms with Gasteiger partial charge in [-0.15, -0.1) is 0 Å². The Morgan fingerprint density at radius 3 is 2.52 bits per heavy atom. The SMILES string of the molecule is CO[C@@H]1O[C@H](COCc2ccccc2)[C@H]2OC(C)(C)O[C@@H]12. The van der Waals surface area contributed by atoms with Gasteiger partial charge in [-0.1, -0.05) is 30.3 Å². The Bertz CT molecular complexity index is 461. The van der Waals surface area contributed by atoms with E-state index in [1.54, 1.807) is 7.11 Å². The van der Waals surface area contributed by atoms with Crippen LogP contribution < -0.4 is 0 Å². The molecule has 5 heteroatoms. The molecular formula is C16H22O5. The lowest BCUT2D eigenvalue weighted by atomic mass is 10.1. The van der Waals surface area contributed by atoms with E-state index in [-0.39, 0.29) is 18.3 Å². The first-order chi connectivity index (χ1) is 10.1. The van der Waals surface area contributed by atoms with Crippen LogP contribution in [0.25, 0.3) is 0 Å². The van der Waals surface area contributed by atoms with Crippen molar-refractivity contribution in [1.29, 1.82) is 0 Å². The van der Waals surface area contributed by atoms with Crippen LogP contribution in [0.15, 0.2) is 30.3 Å². The molecule has 0 radical (unpaired) electrons. The van der Waals surface area contributed by atoms with E-state index in [1.807, 2.05) is 44.2 Å². The van der Waals surface area contributed by atoms with Crippen molar-refractivity contribution in [2.45, 2.75) is 50.8 Å². The zero-order valence-electron chi connectivity index (χ0n) is 12.7. The molecule has 0 amide bonds. The van der Waals surface area contributed by atoms with Gasteiger partial charge in [-0.2, -0.15) is 0 Å². The van der Waals surface area contributed by atoms with Gasteiger partial charge in [0.25, 0.3) is 0 Å². The van der Waals surface area contributed by atoms with Crippen LogP contribution in [-0.4, -0.2) is 44.1 Å². The molecule has 2 fully saturated rings. The molecule has 0 unspecified atom stereocenters. The summed E-state index contributed by atoms with van der Waals surface area (Å²) in [5.41, 5.74) is 1.14. The van der Waals surface area contributed by atoms with Crippen molar-refractivity contribution in [2.24, 2.45) is 0 Å². The zero-order chi connectivity index (χ0) is 14.9. The van der Waals surface area contributed by atoms with E-state index in [0.29, 0.717) is 13.2 Å². The predicted molar refractivity (Wildman–Crippen MR) is 75.6 cm³/mol. The summed E-state index contributed by atoms with van der Waals surface area (Å²) in [5, 5.41) is 0. The highest BCUT2D eigenvalue weighted by molar-refractivity contribution is 5.13. The minimum absolute atomic E-state index is 0.152. The van der Waals surface area contributed by atoms with Crippen LogP contribution in [0.3, 0.4) is 0 Å². The van der Waals surface area contributed by atoms with E-state index >= 15 is 0 Å². The lowest BCUT2D eigenvalue weighted by molar-refractivity contribution is -0.232. The summed E-state index contributed by atoms with van der Waals surface area (Å²) in [5.74, 6) is -0.604. The molecule has 0 bridgehead atoms. The van der Waals surface area contributed by atoms with Gasteiger partial charge in [-0.3, -0.25) is 0 Å². The van der Waals surface area contributed by atoms with Crippen molar-refractivity contribution in [1.82, 2.24) is 0 Å². The van der Waals surface area contributed by atoms with Crippen molar-refractivity contribution in [2.75, 3.05) is 13.7 Å². The van der Waals surface area contributed by atoms with Crippen molar-refractivity contribution in [3.05, 3.63) is 35.9 Å². The highest BCUT2D eigenvalue weighted by atomic mass is 16.8. The topological polar surface area (TPSA) is 46.2 Å². The molecule has 3 rings (SSSR count). The predicted octanol–water partition coefficient (Wildman–Crippen LogP) is 2.09. The van der Waals surface area contributed by atoms with Gasteiger partial charge in [0.05, 0.1) is 13.2 Å². The summed E-state index contributed by atoms with van der Waals surface area (Å²) in [4.78, 5) is 0. The largest absolute Gasteiger partial charge is 0.374 e. The van der Waals surface area contributed by atoms with Crippen LogP contribution in [0.5, 0.6) is 0 Å². The lowest BCUT2D eigenvalue weighted by Gasteiger charge is -2.23. The number of benzene rings is 1. The number of hydrogen-bond donors (Lipinski definition) is 0. The monoisotopic (exact) mass is 294 g/mol. The van der Waals surface area contributed by atoms with Gasteiger partial charge < -0.3 is 23.7 Å². The molecule has 0 N–H and O–H groups in total. The summed E-state index contributed by atoms with van der Waals surface area (Å²) >= 11 is 0. The lowest BCUT2D eigenvalue weighted by Crippen LogP contribution is -2.32. The second kappa shape index (κ2) is 6.02. The van der Waals surface area contributed by atoms with Crippen molar-refractivity contribution in [3.63, 3.8) is 0 Å². The molecule has 2 heterocycles. The highest BCUT2D eigenvalue weighted by Crippen LogP contribution is 2.38. The number of rotatable bonds is 5. The summed E-state index contributed by atoms with van der Waals surface area (Å²) in [7, 11) is 1.61. The zero-order valence-corrected chi connectivity index (χ0v) is 12.7. The van der Waals surface area contributed by atoms with Crippen molar-refractivity contribution in [3.8, 4) is 0 Å². The highest BCUT2D eigenvalue weighted by Gasteiger charge is 2.55. The summed E-state index contributed by atoms with van der Waals surface area (Å²) < 4.78 is 28.7. The fourth-order valence-electron chi connectivity index (χ4n) is 2.83. The number of hydrogen-bond acceptors (Lipinski definition) is 5. The van der Waals surface area contributed by atoms with Crippen molar-refractivity contribution < 1.29 is 23.7 Å². The minimum atomic E-state index is -0.604. The molecule has 116 valence electrons. The average Bonchev–Trinajstić information content (AvgIpc) is 2.94. The molecule has 1 aromatic carbocycles. The summed E-state index contributed by atoms with van der Waals surface area (Å²) in [6, 6.07) is 10.1. The molecule has 0 saturated carbocycles. The van der Waals surface area contributed by atoms with E-state index in [0.717, 1.165) is 5.56 Å². The van der Waals surface area contributed by atoms with Gasteiger partial charge in [0.1, 0.15) is 18.3 Å². The molecule has 0 aromatic heterocycles. The molecule has 5 nitrogen and oxygen atoms in total. The molecule has 2 aliphatic rings. The number of fused-ring (bicyclic) bond motifs is 1. The summed E-state index contributed by atoms with van der Waals surface area (Å²) in [6.07, 6.45) is -0.927. The van der Waals surface area contributed by atoms with Crippen LogP contribution in [-0.2, 0) is 30.3 Å². The molecule has 2 aliphatic heterocycles. The fraction of sp³-hybridized carbons (Fsp3) is 0.625. The van der Waals surface area contributed by atoms with Crippen LogP contribution in [0, 0.1) is 0 Å². The first-order valence-electron chi connectivity index (χ1n) is 7.24. The van der Waals surface area contributed by atoms with Gasteiger partial charge in [0, 0.05) is 7.11 Å². The maximum atomic E-state index is 5.91. The van der Waals surface area contributed by atoms with Gasteiger partial charge >= 0.3 is 0 Å². The standard InChI is InChI=1S/C16H22O5/c1-16(2)20-13-12(19-15(17-3)14(13)21-16)10-18-9-11-7-5-4-6-8-11/h4-8,12-15H,9-10H2,1-3H3/t12-,13-,14-,15-/m1/s1. The Balaban J connectivity index is 1.56. The van der Waals surface area contributed by atoms with Crippen LogP contribution in [0.2, 0.25) is 0 Å².